The van der Waals surface area contributed by atoms with Crippen molar-refractivity contribution in [2.75, 3.05) is 5.88 Å². The molecule has 0 spiro atoms. The molecular formula is C14H12Cl2FNO. The number of hydrogen-bond donors (Lipinski definition) is 0. The zero-order valence-electron chi connectivity index (χ0n) is 10.5. The smallest absolute Gasteiger partial charge is 0.179 e. The molecular weight excluding hydrogens is 288 g/mol. The Hall–Kier alpha value is -1.32. The van der Waals surface area contributed by atoms with Crippen LogP contribution in [0, 0.1) is 19.7 Å². The number of alkyl halides is 1. The number of aromatic nitrogens is 1. The Kier molecular flexibility index (Phi) is 3.97. The minimum Gasteiger partial charge on any atom is -0.318 e. The van der Waals surface area contributed by atoms with Crippen molar-refractivity contribution in [3.05, 3.63) is 52.1 Å². The molecule has 0 atom stereocenters. The number of nitrogens with zero attached hydrogens (tertiary/aromatic N) is 1. The molecule has 0 amide bonds. The highest BCUT2D eigenvalue weighted by Crippen LogP contribution is 2.24. The van der Waals surface area contributed by atoms with Crippen LogP contribution in [0.4, 0.5) is 4.39 Å². The van der Waals surface area contributed by atoms with Crippen LogP contribution in [0.15, 0.2) is 24.3 Å². The Morgan fingerprint density at radius 3 is 2.58 bits per heavy atom. The third-order valence-electron chi connectivity index (χ3n) is 3.01. The number of aryl methyl sites for hydroxylation is 1. The Labute approximate surface area is 120 Å². The van der Waals surface area contributed by atoms with E-state index < -0.39 is 5.82 Å². The molecule has 0 unspecified atom stereocenters. The molecule has 100 valence electrons. The lowest BCUT2D eigenvalue weighted by Crippen LogP contribution is -2.04. The summed E-state index contributed by atoms with van der Waals surface area (Å²) in [6.45, 7) is 3.69. The molecule has 0 aliphatic heterocycles. The van der Waals surface area contributed by atoms with Crippen LogP contribution in [0.3, 0.4) is 0 Å². The molecule has 0 bridgehead atoms. The first-order chi connectivity index (χ1) is 8.95. The van der Waals surface area contributed by atoms with Crippen LogP contribution in [0.1, 0.15) is 21.7 Å². The maximum atomic E-state index is 13.2. The van der Waals surface area contributed by atoms with Gasteiger partial charge in [-0.3, -0.25) is 4.79 Å². The molecule has 1 aromatic carbocycles. The number of hydrogen-bond acceptors (Lipinski definition) is 1. The van der Waals surface area contributed by atoms with Gasteiger partial charge in [0.2, 0.25) is 0 Å². The Morgan fingerprint density at radius 2 is 2.00 bits per heavy atom. The molecule has 1 heterocycles. The van der Waals surface area contributed by atoms with Gasteiger partial charge in [0.05, 0.1) is 10.9 Å². The highest BCUT2D eigenvalue weighted by Gasteiger charge is 2.16. The summed E-state index contributed by atoms with van der Waals surface area (Å²) >= 11 is 11.4. The van der Waals surface area contributed by atoms with E-state index in [2.05, 4.69) is 0 Å². The summed E-state index contributed by atoms with van der Waals surface area (Å²) in [7, 11) is 0. The largest absolute Gasteiger partial charge is 0.318 e. The topological polar surface area (TPSA) is 22.0 Å². The van der Waals surface area contributed by atoms with E-state index in [1.54, 1.807) is 12.1 Å². The number of benzene rings is 1. The summed E-state index contributed by atoms with van der Waals surface area (Å²) in [5.74, 6) is -0.659. The number of halogens is 3. The van der Waals surface area contributed by atoms with E-state index >= 15 is 0 Å². The summed E-state index contributed by atoms with van der Waals surface area (Å²) in [4.78, 5) is 11.7. The molecule has 2 aromatic rings. The number of Topliss-reactive ketones (excluding diaryl/α,β-unsaturated/α-hetero) is 1. The molecule has 2 nitrogen and oxygen atoms in total. The number of carbonyl (C=O) groups is 1. The van der Waals surface area contributed by atoms with Crippen molar-refractivity contribution in [2.45, 2.75) is 13.8 Å². The molecule has 2 rings (SSSR count). The van der Waals surface area contributed by atoms with E-state index in [4.69, 9.17) is 23.2 Å². The average molecular weight is 300 g/mol. The molecule has 0 N–H and O–H groups in total. The second kappa shape index (κ2) is 5.35. The molecule has 0 fully saturated rings. The Morgan fingerprint density at radius 1 is 1.32 bits per heavy atom. The molecule has 0 aliphatic rings. The molecule has 0 saturated carbocycles. The molecule has 0 saturated heterocycles. The van der Waals surface area contributed by atoms with Crippen molar-refractivity contribution in [2.24, 2.45) is 0 Å². The minimum absolute atomic E-state index is 0.0511. The van der Waals surface area contributed by atoms with Gasteiger partial charge in [-0.25, -0.2) is 4.39 Å². The predicted octanol–water partition coefficient (Wildman–Crippen LogP) is 4.31. The summed E-state index contributed by atoms with van der Waals surface area (Å²) in [5, 5.41) is 0.0511. The standard InChI is InChI=1S/C14H12Cl2FNO/c1-8-5-11(14(19)7-15)9(2)18(8)10-3-4-13(17)12(16)6-10/h3-6H,7H2,1-2H3. The van der Waals surface area contributed by atoms with Gasteiger partial charge in [0.1, 0.15) is 5.82 Å². The number of carbonyl (C=O) groups excluding carboxylic acids is 1. The predicted molar refractivity (Wildman–Crippen MR) is 75.3 cm³/mol. The molecule has 0 radical (unpaired) electrons. The number of rotatable bonds is 3. The quantitative estimate of drug-likeness (QED) is 0.611. The first-order valence-corrected chi connectivity index (χ1v) is 6.60. The molecule has 1 aromatic heterocycles. The average Bonchev–Trinajstić information content (AvgIpc) is 2.68. The van der Waals surface area contributed by atoms with Crippen LogP contribution in [0.2, 0.25) is 5.02 Å². The zero-order valence-corrected chi connectivity index (χ0v) is 12.0. The van der Waals surface area contributed by atoms with Gasteiger partial charge in [-0.2, -0.15) is 0 Å². The van der Waals surface area contributed by atoms with Gasteiger partial charge in [-0.05, 0) is 38.1 Å². The maximum Gasteiger partial charge on any atom is 0.179 e. The Bertz CT molecular complexity index is 649. The molecule has 5 heteroatoms. The van der Waals surface area contributed by atoms with Crippen LogP contribution in [0.25, 0.3) is 5.69 Å². The normalized spacial score (nSPS) is 10.8. The van der Waals surface area contributed by atoms with Crippen molar-refractivity contribution in [3.8, 4) is 5.69 Å². The highest BCUT2D eigenvalue weighted by molar-refractivity contribution is 6.31. The number of ketones is 1. The lowest BCUT2D eigenvalue weighted by Gasteiger charge is -2.10. The van der Waals surface area contributed by atoms with Crippen LogP contribution in [0.5, 0.6) is 0 Å². The van der Waals surface area contributed by atoms with Crippen molar-refractivity contribution >= 4 is 29.0 Å². The van der Waals surface area contributed by atoms with Crippen molar-refractivity contribution < 1.29 is 9.18 Å². The summed E-state index contributed by atoms with van der Waals surface area (Å²) in [6, 6.07) is 6.24. The van der Waals surface area contributed by atoms with Crippen molar-refractivity contribution in [1.29, 1.82) is 0 Å². The van der Waals surface area contributed by atoms with Gasteiger partial charge in [-0.1, -0.05) is 11.6 Å². The SMILES string of the molecule is Cc1cc(C(=O)CCl)c(C)n1-c1ccc(F)c(Cl)c1. The van der Waals surface area contributed by atoms with E-state index in [9.17, 15) is 9.18 Å². The van der Waals surface area contributed by atoms with Crippen LogP contribution < -0.4 is 0 Å². The van der Waals surface area contributed by atoms with E-state index in [1.807, 2.05) is 18.4 Å². The second-order valence-electron chi connectivity index (χ2n) is 4.28. The fourth-order valence-electron chi connectivity index (χ4n) is 2.14. The van der Waals surface area contributed by atoms with Crippen LogP contribution >= 0.6 is 23.2 Å². The Balaban J connectivity index is 2.59. The van der Waals surface area contributed by atoms with Gasteiger partial charge in [0, 0.05) is 22.6 Å². The van der Waals surface area contributed by atoms with Crippen molar-refractivity contribution in [1.82, 2.24) is 4.57 Å². The van der Waals surface area contributed by atoms with Crippen molar-refractivity contribution in [3.63, 3.8) is 0 Å². The molecule has 19 heavy (non-hydrogen) atoms. The third-order valence-corrected chi connectivity index (χ3v) is 3.55. The summed E-state index contributed by atoms with van der Waals surface area (Å²) < 4.78 is 15.0. The zero-order chi connectivity index (χ0) is 14.2. The lowest BCUT2D eigenvalue weighted by atomic mass is 10.2. The van der Waals surface area contributed by atoms with E-state index in [1.165, 1.54) is 12.1 Å². The van der Waals surface area contributed by atoms with Gasteiger partial charge < -0.3 is 4.57 Å². The van der Waals surface area contributed by atoms with Crippen LogP contribution in [-0.2, 0) is 0 Å². The van der Waals surface area contributed by atoms with Gasteiger partial charge >= 0.3 is 0 Å². The van der Waals surface area contributed by atoms with E-state index in [0.717, 1.165) is 17.1 Å². The van der Waals surface area contributed by atoms with Crippen LogP contribution in [-0.4, -0.2) is 16.2 Å². The maximum absolute atomic E-state index is 13.2. The monoisotopic (exact) mass is 299 g/mol. The van der Waals surface area contributed by atoms with Gasteiger partial charge in [0.15, 0.2) is 5.78 Å². The molecule has 0 aliphatic carbocycles. The third kappa shape index (κ3) is 2.53. The first-order valence-electron chi connectivity index (χ1n) is 5.69. The van der Waals surface area contributed by atoms with E-state index in [0.29, 0.717) is 5.56 Å². The summed E-state index contributed by atoms with van der Waals surface area (Å²) in [6.07, 6.45) is 0. The van der Waals surface area contributed by atoms with E-state index in [-0.39, 0.29) is 16.7 Å². The minimum atomic E-state index is -0.468. The fourth-order valence-corrected chi connectivity index (χ4v) is 2.46. The van der Waals surface area contributed by atoms with Gasteiger partial charge in [0.25, 0.3) is 0 Å². The summed E-state index contributed by atoms with van der Waals surface area (Å²) in [5.41, 5.74) is 2.93. The highest BCUT2D eigenvalue weighted by atomic mass is 35.5. The second-order valence-corrected chi connectivity index (χ2v) is 4.95. The fraction of sp³-hybridized carbons (Fsp3) is 0.214. The van der Waals surface area contributed by atoms with Gasteiger partial charge in [-0.15, -0.1) is 11.6 Å². The first kappa shape index (κ1) is 14.1. The lowest BCUT2D eigenvalue weighted by molar-refractivity contribution is 0.102.